The number of nitrogens with one attached hydrogen (secondary N) is 1. The Morgan fingerprint density at radius 2 is 2.09 bits per heavy atom. The van der Waals surface area contributed by atoms with Crippen LogP contribution in [0.2, 0.25) is 0 Å². The van der Waals surface area contributed by atoms with Gasteiger partial charge in [-0.25, -0.2) is 4.98 Å². The first-order valence-electron chi connectivity index (χ1n) is 7.70. The molecule has 7 heteroatoms. The Labute approximate surface area is 132 Å². The Kier molecular flexibility index (Phi) is 4.00. The number of likely N-dealkylation sites (N-methyl/N-ethyl adjacent to an activating group) is 1. The molecule has 2 heterocycles. The van der Waals surface area contributed by atoms with Gasteiger partial charge in [-0.2, -0.15) is 13.2 Å². The number of ether oxygens (including phenoxy) is 1. The van der Waals surface area contributed by atoms with Crippen LogP contribution in [-0.4, -0.2) is 41.1 Å². The van der Waals surface area contributed by atoms with Crippen LogP contribution in [0.4, 0.5) is 13.2 Å². The minimum Gasteiger partial charge on any atom is -0.488 e. The summed E-state index contributed by atoms with van der Waals surface area (Å²) in [6, 6.07) is 3.00. The third-order valence-corrected chi connectivity index (χ3v) is 4.11. The Balaban J connectivity index is 2.06. The molecule has 1 saturated heterocycles. The van der Waals surface area contributed by atoms with Gasteiger partial charge in [0.05, 0.1) is 5.52 Å². The van der Waals surface area contributed by atoms with E-state index in [-0.39, 0.29) is 23.3 Å². The van der Waals surface area contributed by atoms with Crippen molar-refractivity contribution in [2.75, 3.05) is 20.1 Å². The smallest absolute Gasteiger partial charge is 0.422 e. The summed E-state index contributed by atoms with van der Waals surface area (Å²) in [5, 5.41) is 0. The summed E-state index contributed by atoms with van der Waals surface area (Å²) in [4.78, 5) is 9.17. The molecule has 4 nitrogen and oxygen atoms in total. The minimum atomic E-state index is -4.51. The van der Waals surface area contributed by atoms with Crippen molar-refractivity contribution in [2.45, 2.75) is 38.5 Å². The maximum atomic E-state index is 13.6. The quantitative estimate of drug-likeness (QED) is 0.932. The zero-order valence-electron chi connectivity index (χ0n) is 13.4. The van der Waals surface area contributed by atoms with E-state index in [9.17, 15) is 13.2 Å². The van der Waals surface area contributed by atoms with Gasteiger partial charge in [0.25, 0.3) is 0 Å². The highest BCUT2D eigenvalue weighted by Crippen LogP contribution is 2.41. The fraction of sp³-hybridized carbons (Fsp3) is 0.562. The molecule has 1 atom stereocenters. The zero-order chi connectivity index (χ0) is 16.8. The zero-order valence-corrected chi connectivity index (χ0v) is 13.4. The number of imidazole rings is 1. The first-order valence-corrected chi connectivity index (χ1v) is 7.70. The number of likely N-dealkylation sites (tertiary alicyclic amines) is 1. The lowest BCUT2D eigenvalue weighted by Crippen LogP contribution is -2.23. The Bertz CT molecular complexity index is 708. The number of hydrogen-bond acceptors (Lipinski definition) is 3. The first-order chi connectivity index (χ1) is 10.8. The molecular weight excluding hydrogens is 307 g/mol. The maximum absolute atomic E-state index is 13.6. The summed E-state index contributed by atoms with van der Waals surface area (Å²) in [7, 11) is 1.93. The van der Waals surface area contributed by atoms with Crippen molar-refractivity contribution in [3.8, 4) is 5.75 Å². The van der Waals surface area contributed by atoms with E-state index in [0.29, 0.717) is 17.9 Å². The average molecular weight is 327 g/mol. The molecule has 0 saturated carbocycles. The van der Waals surface area contributed by atoms with E-state index in [2.05, 4.69) is 9.97 Å². The molecule has 0 unspecified atom stereocenters. The molecule has 1 aromatic heterocycles. The fourth-order valence-corrected chi connectivity index (χ4v) is 2.89. The van der Waals surface area contributed by atoms with Crippen molar-refractivity contribution < 1.29 is 17.9 Å². The molecule has 1 N–H and O–H groups in total. The predicted molar refractivity (Wildman–Crippen MR) is 81.7 cm³/mol. The van der Waals surface area contributed by atoms with Crippen molar-refractivity contribution in [3.05, 3.63) is 23.5 Å². The number of nitrogens with zero attached hydrogens (tertiary/aromatic N) is 2. The second-order valence-electron chi connectivity index (χ2n) is 6.40. The standard InChI is InChI=1S/C16H20F3N3O/c1-9(2)15-20-11-4-5-12(23-10-6-7-22(3)8-10)13(14(11)21-15)16(17,18)19/h4-5,9-10H,6-8H2,1-3H3,(H,20,21)/t10-/m1/s1. The van der Waals surface area contributed by atoms with Crippen LogP contribution in [0.3, 0.4) is 0 Å². The molecule has 0 amide bonds. The molecule has 0 radical (unpaired) electrons. The summed E-state index contributed by atoms with van der Waals surface area (Å²) < 4.78 is 46.5. The Morgan fingerprint density at radius 3 is 2.65 bits per heavy atom. The predicted octanol–water partition coefficient (Wildman–Crippen LogP) is 3.79. The highest BCUT2D eigenvalue weighted by atomic mass is 19.4. The molecule has 126 valence electrons. The summed E-state index contributed by atoms with van der Waals surface area (Å²) in [6.45, 7) is 5.23. The number of H-pyrrole nitrogens is 1. The molecule has 1 aromatic carbocycles. The van der Waals surface area contributed by atoms with E-state index >= 15 is 0 Å². The van der Waals surface area contributed by atoms with E-state index in [1.807, 2.05) is 25.8 Å². The Hall–Kier alpha value is -1.76. The number of halogens is 3. The molecular formula is C16H20F3N3O. The van der Waals surface area contributed by atoms with Gasteiger partial charge in [0.2, 0.25) is 0 Å². The van der Waals surface area contributed by atoms with Crippen LogP contribution in [0, 0.1) is 0 Å². The number of aromatic amines is 1. The molecule has 0 spiro atoms. The number of fused-ring (bicyclic) bond motifs is 1. The van der Waals surface area contributed by atoms with Gasteiger partial charge in [0.15, 0.2) is 0 Å². The van der Waals surface area contributed by atoms with E-state index in [1.165, 1.54) is 6.07 Å². The molecule has 1 aliphatic rings. The summed E-state index contributed by atoms with van der Waals surface area (Å²) >= 11 is 0. The Morgan fingerprint density at radius 1 is 1.35 bits per heavy atom. The van der Waals surface area contributed by atoms with Crippen LogP contribution >= 0.6 is 0 Å². The molecule has 0 aliphatic carbocycles. The molecule has 1 aliphatic heterocycles. The van der Waals surface area contributed by atoms with Crippen LogP contribution in [0.25, 0.3) is 11.0 Å². The van der Waals surface area contributed by atoms with Gasteiger partial charge >= 0.3 is 6.18 Å². The maximum Gasteiger partial charge on any atom is 0.422 e. The average Bonchev–Trinajstić information content (AvgIpc) is 3.03. The lowest BCUT2D eigenvalue weighted by Gasteiger charge is -2.18. The van der Waals surface area contributed by atoms with E-state index < -0.39 is 11.7 Å². The summed E-state index contributed by atoms with van der Waals surface area (Å²) in [5.74, 6) is 0.437. The van der Waals surface area contributed by atoms with Gasteiger partial charge in [-0.15, -0.1) is 0 Å². The number of hydrogen-bond donors (Lipinski definition) is 1. The van der Waals surface area contributed by atoms with E-state index in [0.717, 1.165) is 13.0 Å². The number of alkyl halides is 3. The van der Waals surface area contributed by atoms with Gasteiger partial charge < -0.3 is 14.6 Å². The molecule has 3 rings (SSSR count). The van der Waals surface area contributed by atoms with Crippen molar-refractivity contribution in [2.24, 2.45) is 0 Å². The SMILES string of the molecule is CC(C)c1nc2c(C(F)(F)F)c(O[C@@H]3CCN(C)C3)ccc2[nH]1. The van der Waals surface area contributed by atoms with Crippen LogP contribution < -0.4 is 4.74 Å². The highest BCUT2D eigenvalue weighted by Gasteiger charge is 2.39. The highest BCUT2D eigenvalue weighted by molar-refractivity contribution is 5.82. The molecule has 2 aromatic rings. The van der Waals surface area contributed by atoms with Gasteiger partial charge in [-0.05, 0) is 25.6 Å². The fourth-order valence-electron chi connectivity index (χ4n) is 2.89. The van der Waals surface area contributed by atoms with Crippen LogP contribution in [0.15, 0.2) is 12.1 Å². The first kappa shape index (κ1) is 16.1. The lowest BCUT2D eigenvalue weighted by atomic mass is 10.1. The van der Waals surface area contributed by atoms with Crippen molar-refractivity contribution >= 4 is 11.0 Å². The van der Waals surface area contributed by atoms with Gasteiger partial charge in [0, 0.05) is 19.0 Å². The van der Waals surface area contributed by atoms with Crippen molar-refractivity contribution in [1.82, 2.24) is 14.9 Å². The van der Waals surface area contributed by atoms with E-state index in [4.69, 9.17) is 4.74 Å². The normalized spacial score (nSPS) is 19.9. The van der Waals surface area contributed by atoms with Crippen LogP contribution in [0.5, 0.6) is 5.75 Å². The lowest BCUT2D eigenvalue weighted by molar-refractivity contribution is -0.138. The number of benzene rings is 1. The van der Waals surface area contributed by atoms with E-state index in [1.54, 1.807) is 6.07 Å². The van der Waals surface area contributed by atoms with Gasteiger partial charge in [-0.3, -0.25) is 0 Å². The van der Waals surface area contributed by atoms with Crippen LogP contribution in [-0.2, 0) is 6.18 Å². The summed E-state index contributed by atoms with van der Waals surface area (Å²) in [5.41, 5.74) is -0.463. The van der Waals surface area contributed by atoms with Crippen LogP contribution in [0.1, 0.15) is 37.6 Å². The molecule has 23 heavy (non-hydrogen) atoms. The monoisotopic (exact) mass is 327 g/mol. The summed E-state index contributed by atoms with van der Waals surface area (Å²) in [6.07, 6.45) is -4.01. The second kappa shape index (κ2) is 5.70. The van der Waals surface area contributed by atoms with Gasteiger partial charge in [0.1, 0.15) is 28.8 Å². The molecule has 0 bridgehead atoms. The minimum absolute atomic E-state index is 0.0244. The number of aromatic nitrogens is 2. The third kappa shape index (κ3) is 3.15. The molecule has 1 fully saturated rings. The van der Waals surface area contributed by atoms with Crippen molar-refractivity contribution in [3.63, 3.8) is 0 Å². The number of rotatable bonds is 3. The topological polar surface area (TPSA) is 41.1 Å². The second-order valence-corrected chi connectivity index (χ2v) is 6.40. The largest absolute Gasteiger partial charge is 0.488 e. The third-order valence-electron chi connectivity index (χ3n) is 4.11. The van der Waals surface area contributed by atoms with Crippen molar-refractivity contribution in [1.29, 1.82) is 0 Å². The van der Waals surface area contributed by atoms with Gasteiger partial charge in [-0.1, -0.05) is 13.8 Å².